The third-order valence-electron chi connectivity index (χ3n) is 2.11. The highest BCUT2D eigenvalue weighted by atomic mass is 16.7. The predicted molar refractivity (Wildman–Crippen MR) is 50.1 cm³/mol. The van der Waals surface area contributed by atoms with Crippen LogP contribution in [0.1, 0.15) is 17.0 Å². The van der Waals surface area contributed by atoms with E-state index in [4.69, 9.17) is 4.74 Å². The SMILES string of the molecule is O=C(O[C@@H]1CCOC1=O)c1ccc([N+](=O)[O-])o1. The van der Waals surface area contributed by atoms with Crippen LogP contribution in [-0.2, 0) is 14.3 Å². The Balaban J connectivity index is 2.04. The van der Waals surface area contributed by atoms with E-state index in [0.29, 0.717) is 0 Å². The molecule has 17 heavy (non-hydrogen) atoms. The average Bonchev–Trinajstić information content (AvgIpc) is 2.88. The maximum Gasteiger partial charge on any atom is 0.433 e. The Kier molecular flexibility index (Phi) is 2.77. The Bertz CT molecular complexity index is 477. The molecule has 0 unspecified atom stereocenters. The van der Waals surface area contributed by atoms with Crippen LogP contribution < -0.4 is 0 Å². The van der Waals surface area contributed by atoms with E-state index in [2.05, 4.69) is 9.15 Å². The second kappa shape index (κ2) is 4.24. The zero-order valence-corrected chi connectivity index (χ0v) is 8.45. The van der Waals surface area contributed by atoms with Crippen LogP contribution >= 0.6 is 0 Å². The van der Waals surface area contributed by atoms with E-state index in [0.717, 1.165) is 12.1 Å². The molecule has 0 spiro atoms. The van der Waals surface area contributed by atoms with Crippen molar-refractivity contribution < 1.29 is 28.4 Å². The summed E-state index contributed by atoms with van der Waals surface area (Å²) in [5.74, 6) is -2.44. The normalized spacial score (nSPS) is 18.8. The van der Waals surface area contributed by atoms with Gasteiger partial charge in [-0.25, -0.2) is 9.59 Å². The van der Waals surface area contributed by atoms with Gasteiger partial charge >= 0.3 is 17.8 Å². The maximum atomic E-state index is 11.4. The standard InChI is InChI=1S/C9H7NO7/c11-8-6(3-4-15-8)17-9(12)5-1-2-7(16-5)10(13)14/h1-2,6H,3-4H2/t6-/m1/s1. The lowest BCUT2D eigenvalue weighted by Gasteiger charge is -2.05. The van der Waals surface area contributed by atoms with E-state index >= 15 is 0 Å². The zero-order valence-electron chi connectivity index (χ0n) is 8.45. The summed E-state index contributed by atoms with van der Waals surface area (Å²) in [5, 5.41) is 10.3. The third-order valence-corrected chi connectivity index (χ3v) is 2.11. The molecule has 1 aliphatic rings. The van der Waals surface area contributed by atoms with Gasteiger partial charge in [-0.2, -0.15) is 0 Å². The summed E-state index contributed by atoms with van der Waals surface area (Å²) in [5.41, 5.74) is 0. The van der Waals surface area contributed by atoms with Crippen molar-refractivity contribution in [3.05, 3.63) is 28.0 Å². The summed E-state index contributed by atoms with van der Waals surface area (Å²) < 4.78 is 14.0. The molecule has 0 amide bonds. The molecule has 0 aromatic carbocycles. The second-order valence-electron chi connectivity index (χ2n) is 3.25. The number of esters is 2. The molecule has 8 nitrogen and oxygen atoms in total. The number of rotatable bonds is 3. The van der Waals surface area contributed by atoms with Crippen molar-refractivity contribution in [3.63, 3.8) is 0 Å². The van der Waals surface area contributed by atoms with Gasteiger partial charge in [-0.05, 0) is 6.07 Å². The van der Waals surface area contributed by atoms with Crippen LogP contribution in [0.3, 0.4) is 0 Å². The van der Waals surface area contributed by atoms with Crippen LogP contribution in [0.25, 0.3) is 0 Å². The van der Waals surface area contributed by atoms with Crippen molar-refractivity contribution in [3.8, 4) is 0 Å². The van der Waals surface area contributed by atoms with Gasteiger partial charge in [0, 0.05) is 6.42 Å². The lowest BCUT2D eigenvalue weighted by atomic mass is 10.3. The first-order valence-electron chi connectivity index (χ1n) is 4.70. The summed E-state index contributed by atoms with van der Waals surface area (Å²) in [6.07, 6.45) is -0.695. The number of ether oxygens (including phenoxy) is 2. The number of carbonyl (C=O) groups excluding carboxylic acids is 2. The van der Waals surface area contributed by atoms with Gasteiger partial charge < -0.3 is 13.9 Å². The highest BCUT2D eigenvalue weighted by molar-refractivity contribution is 5.89. The molecule has 90 valence electrons. The molecule has 0 aliphatic carbocycles. The number of hydrogen-bond acceptors (Lipinski definition) is 7. The van der Waals surface area contributed by atoms with Gasteiger partial charge in [0.25, 0.3) is 0 Å². The van der Waals surface area contributed by atoms with Gasteiger partial charge in [-0.3, -0.25) is 10.1 Å². The van der Waals surface area contributed by atoms with E-state index in [-0.39, 0.29) is 18.8 Å². The Morgan fingerprint density at radius 1 is 1.53 bits per heavy atom. The summed E-state index contributed by atoms with van der Waals surface area (Å²) in [4.78, 5) is 32.0. The number of furan rings is 1. The van der Waals surface area contributed by atoms with Crippen molar-refractivity contribution in [2.24, 2.45) is 0 Å². The van der Waals surface area contributed by atoms with Gasteiger partial charge in [0.05, 0.1) is 12.7 Å². The molecule has 8 heteroatoms. The molecular formula is C9H7NO7. The molecule has 1 saturated heterocycles. The smallest absolute Gasteiger partial charge is 0.433 e. The van der Waals surface area contributed by atoms with Gasteiger partial charge in [0.15, 0.2) is 0 Å². The third kappa shape index (κ3) is 2.25. The summed E-state index contributed by atoms with van der Waals surface area (Å²) in [6, 6.07) is 2.14. The van der Waals surface area contributed by atoms with Crippen LogP contribution in [0.15, 0.2) is 16.5 Å². The lowest BCUT2D eigenvalue weighted by Crippen LogP contribution is -2.22. The summed E-state index contributed by atoms with van der Waals surface area (Å²) in [6.45, 7) is 0.190. The fraction of sp³-hybridized carbons (Fsp3) is 0.333. The fourth-order valence-corrected chi connectivity index (χ4v) is 1.31. The first-order chi connectivity index (χ1) is 8.08. The minimum Gasteiger partial charge on any atom is -0.463 e. The molecule has 1 atom stereocenters. The van der Waals surface area contributed by atoms with Gasteiger partial charge in [-0.1, -0.05) is 0 Å². The van der Waals surface area contributed by atoms with E-state index in [1.807, 2.05) is 0 Å². The minimum atomic E-state index is -0.966. The zero-order chi connectivity index (χ0) is 12.4. The van der Waals surface area contributed by atoms with Crippen molar-refractivity contribution >= 4 is 17.8 Å². The number of hydrogen-bond donors (Lipinski definition) is 0. The molecule has 0 saturated carbocycles. The van der Waals surface area contributed by atoms with Crippen LogP contribution in [0.5, 0.6) is 0 Å². The lowest BCUT2D eigenvalue weighted by molar-refractivity contribution is -0.402. The first kappa shape index (κ1) is 11.1. The minimum absolute atomic E-state index is 0.190. The molecule has 1 aromatic heterocycles. The highest BCUT2D eigenvalue weighted by Gasteiger charge is 2.31. The van der Waals surface area contributed by atoms with Crippen LogP contribution in [0.2, 0.25) is 0 Å². The molecular weight excluding hydrogens is 234 g/mol. The van der Waals surface area contributed by atoms with Crippen molar-refractivity contribution in [1.82, 2.24) is 0 Å². The van der Waals surface area contributed by atoms with Crippen molar-refractivity contribution in [2.45, 2.75) is 12.5 Å². The summed E-state index contributed by atoms with van der Waals surface area (Å²) >= 11 is 0. The molecule has 0 N–H and O–H groups in total. The molecule has 1 fully saturated rings. The Hall–Kier alpha value is -2.38. The van der Waals surface area contributed by atoms with Crippen molar-refractivity contribution in [2.75, 3.05) is 6.61 Å². The number of nitro groups is 1. The molecule has 0 radical (unpaired) electrons. The van der Waals surface area contributed by atoms with E-state index in [1.165, 1.54) is 0 Å². The van der Waals surface area contributed by atoms with Crippen LogP contribution in [-0.4, -0.2) is 29.6 Å². The fourth-order valence-electron chi connectivity index (χ4n) is 1.31. The first-order valence-corrected chi connectivity index (χ1v) is 4.70. The van der Waals surface area contributed by atoms with Crippen LogP contribution in [0, 0.1) is 10.1 Å². The largest absolute Gasteiger partial charge is 0.463 e. The van der Waals surface area contributed by atoms with Crippen LogP contribution in [0.4, 0.5) is 5.88 Å². The second-order valence-corrected chi connectivity index (χ2v) is 3.25. The number of carbonyl (C=O) groups is 2. The van der Waals surface area contributed by atoms with E-state index in [9.17, 15) is 19.7 Å². The van der Waals surface area contributed by atoms with Gasteiger partial charge in [0.1, 0.15) is 4.92 Å². The number of nitrogens with zero attached hydrogens (tertiary/aromatic N) is 1. The predicted octanol–water partition coefficient (Wildman–Crippen LogP) is 0.660. The Morgan fingerprint density at radius 3 is 2.82 bits per heavy atom. The van der Waals surface area contributed by atoms with Gasteiger partial charge in [-0.15, -0.1) is 0 Å². The van der Waals surface area contributed by atoms with Crippen molar-refractivity contribution in [1.29, 1.82) is 0 Å². The Labute approximate surface area is 94.2 Å². The van der Waals surface area contributed by atoms with E-state index < -0.39 is 28.9 Å². The maximum absolute atomic E-state index is 11.4. The average molecular weight is 241 g/mol. The molecule has 2 rings (SSSR count). The topological polar surface area (TPSA) is 109 Å². The monoisotopic (exact) mass is 241 g/mol. The molecule has 1 aromatic rings. The molecule has 1 aliphatic heterocycles. The van der Waals surface area contributed by atoms with Gasteiger partial charge in [0.2, 0.25) is 11.9 Å². The number of cyclic esters (lactones) is 1. The highest BCUT2D eigenvalue weighted by Crippen LogP contribution is 2.18. The quantitative estimate of drug-likeness (QED) is 0.434. The molecule has 0 bridgehead atoms. The Morgan fingerprint density at radius 2 is 2.29 bits per heavy atom. The summed E-state index contributed by atoms with van der Waals surface area (Å²) in [7, 11) is 0. The van der Waals surface area contributed by atoms with E-state index in [1.54, 1.807) is 0 Å². The molecule has 2 heterocycles.